The van der Waals surface area contributed by atoms with Crippen LogP contribution in [0, 0.1) is 5.82 Å². The fourth-order valence-corrected chi connectivity index (χ4v) is 2.03. The van der Waals surface area contributed by atoms with Gasteiger partial charge >= 0.3 is 0 Å². The molecule has 0 bridgehead atoms. The Kier molecular flexibility index (Phi) is 5.73. The van der Waals surface area contributed by atoms with Gasteiger partial charge in [-0.3, -0.25) is 4.79 Å². The summed E-state index contributed by atoms with van der Waals surface area (Å²) in [6.07, 6.45) is 6.38. The lowest BCUT2D eigenvalue weighted by atomic mass is 10.1. The van der Waals surface area contributed by atoms with Crippen LogP contribution in [0.1, 0.15) is 15.9 Å². The number of ether oxygens (including phenoxy) is 2. The molecule has 124 valence electrons. The Labute approximate surface area is 139 Å². The average molecular weight is 328 g/mol. The molecule has 0 heterocycles. The number of carbonyl (C=O) groups is 1. The van der Waals surface area contributed by atoms with Gasteiger partial charge < -0.3 is 14.6 Å². The van der Waals surface area contributed by atoms with Crippen LogP contribution < -0.4 is 9.47 Å². The van der Waals surface area contributed by atoms with Crippen LogP contribution in [-0.4, -0.2) is 25.1 Å². The number of halogens is 1. The summed E-state index contributed by atoms with van der Waals surface area (Å²) in [7, 11) is 2.90. The molecule has 0 saturated carbocycles. The van der Waals surface area contributed by atoms with Crippen LogP contribution in [0.3, 0.4) is 0 Å². The first-order valence-corrected chi connectivity index (χ1v) is 7.14. The molecule has 0 aliphatic heterocycles. The molecule has 2 aromatic carbocycles. The summed E-state index contributed by atoms with van der Waals surface area (Å²) in [6.45, 7) is 0. The molecule has 1 N–H and O–H groups in total. The summed E-state index contributed by atoms with van der Waals surface area (Å²) >= 11 is 0. The zero-order valence-electron chi connectivity index (χ0n) is 13.3. The number of hydrogen-bond donors (Lipinski definition) is 1. The van der Waals surface area contributed by atoms with Gasteiger partial charge in [-0.2, -0.15) is 0 Å². The zero-order valence-corrected chi connectivity index (χ0v) is 13.3. The highest BCUT2D eigenvalue weighted by Gasteiger charge is 2.09. The monoisotopic (exact) mass is 328 g/mol. The second kappa shape index (κ2) is 7.97. The van der Waals surface area contributed by atoms with Crippen molar-refractivity contribution in [2.24, 2.45) is 0 Å². The molecule has 2 rings (SSSR count). The van der Waals surface area contributed by atoms with E-state index in [1.165, 1.54) is 44.6 Å². The third kappa shape index (κ3) is 4.23. The Morgan fingerprint density at radius 1 is 1.04 bits per heavy atom. The van der Waals surface area contributed by atoms with Crippen LogP contribution in [-0.2, 0) is 0 Å². The number of benzene rings is 2. The minimum Gasteiger partial charge on any atom is -0.502 e. The molecule has 5 heteroatoms. The molecule has 0 aliphatic rings. The number of allylic oxidation sites excluding steroid dienone is 3. The van der Waals surface area contributed by atoms with Gasteiger partial charge in [0.05, 0.1) is 14.2 Å². The van der Waals surface area contributed by atoms with Crippen molar-refractivity contribution in [3.8, 4) is 17.2 Å². The molecule has 0 fully saturated rings. The summed E-state index contributed by atoms with van der Waals surface area (Å²) in [5, 5.41) is 9.84. The van der Waals surface area contributed by atoms with Crippen molar-refractivity contribution in [2.75, 3.05) is 14.2 Å². The SMILES string of the molecule is COc1cc(/C=C/C=C/C(=O)c2ccc(F)cc2)cc(OC)c1O. The molecular weight excluding hydrogens is 311 g/mol. The third-order valence-corrected chi connectivity index (χ3v) is 3.28. The topological polar surface area (TPSA) is 55.8 Å². The van der Waals surface area contributed by atoms with E-state index in [9.17, 15) is 14.3 Å². The predicted molar refractivity (Wildman–Crippen MR) is 90.1 cm³/mol. The van der Waals surface area contributed by atoms with Crippen molar-refractivity contribution >= 4 is 11.9 Å². The maximum Gasteiger partial charge on any atom is 0.200 e. The summed E-state index contributed by atoms with van der Waals surface area (Å²) in [5.41, 5.74) is 1.15. The highest BCUT2D eigenvalue weighted by atomic mass is 19.1. The largest absolute Gasteiger partial charge is 0.502 e. The number of methoxy groups -OCH3 is 2. The first kappa shape index (κ1) is 17.3. The van der Waals surface area contributed by atoms with Gasteiger partial charge in [-0.1, -0.05) is 18.2 Å². The van der Waals surface area contributed by atoms with Gasteiger partial charge in [-0.15, -0.1) is 0 Å². The van der Waals surface area contributed by atoms with Crippen molar-refractivity contribution in [3.63, 3.8) is 0 Å². The maximum atomic E-state index is 12.8. The van der Waals surface area contributed by atoms with Crippen molar-refractivity contribution < 1.29 is 23.8 Å². The fourth-order valence-electron chi connectivity index (χ4n) is 2.03. The van der Waals surface area contributed by atoms with Crippen molar-refractivity contribution in [1.82, 2.24) is 0 Å². The van der Waals surface area contributed by atoms with E-state index in [1.807, 2.05) is 0 Å². The van der Waals surface area contributed by atoms with Crippen LogP contribution in [0.5, 0.6) is 17.2 Å². The van der Waals surface area contributed by atoms with Gasteiger partial charge in [0.15, 0.2) is 17.3 Å². The summed E-state index contributed by atoms with van der Waals surface area (Å²) in [4.78, 5) is 11.9. The molecule has 0 amide bonds. The van der Waals surface area contributed by atoms with E-state index in [4.69, 9.17) is 9.47 Å². The fraction of sp³-hybridized carbons (Fsp3) is 0.105. The predicted octanol–water partition coefficient (Wildman–Crippen LogP) is 4.00. The van der Waals surface area contributed by atoms with Crippen LogP contribution in [0.25, 0.3) is 6.08 Å². The number of aromatic hydroxyl groups is 1. The standard InChI is InChI=1S/C19H17FO4/c1-23-17-11-13(12-18(24-2)19(17)22)5-3-4-6-16(21)14-7-9-15(20)10-8-14/h3-12,22H,1-2H3/b5-3+,6-4+. The normalized spacial score (nSPS) is 11.1. The highest BCUT2D eigenvalue weighted by molar-refractivity contribution is 6.04. The molecule has 0 saturated heterocycles. The van der Waals surface area contributed by atoms with Crippen LogP contribution in [0.2, 0.25) is 0 Å². The van der Waals surface area contributed by atoms with Gasteiger partial charge in [0.1, 0.15) is 5.82 Å². The lowest BCUT2D eigenvalue weighted by molar-refractivity contribution is 0.104. The molecule has 0 unspecified atom stereocenters. The number of carbonyl (C=O) groups excluding carboxylic acids is 1. The molecule has 24 heavy (non-hydrogen) atoms. The van der Waals surface area contributed by atoms with E-state index < -0.39 is 0 Å². The Balaban J connectivity index is 2.11. The second-order valence-electron chi connectivity index (χ2n) is 4.86. The lowest BCUT2D eigenvalue weighted by Crippen LogP contribution is -1.93. The summed E-state index contributed by atoms with van der Waals surface area (Å²) < 4.78 is 23.0. The smallest absolute Gasteiger partial charge is 0.200 e. The minimum atomic E-state index is -0.384. The number of hydrogen-bond acceptors (Lipinski definition) is 4. The molecule has 0 aromatic heterocycles. The zero-order chi connectivity index (χ0) is 17.5. The molecule has 0 radical (unpaired) electrons. The molecule has 0 spiro atoms. The molecular formula is C19H17FO4. The quantitative estimate of drug-likeness (QED) is 0.495. The van der Waals surface area contributed by atoms with Crippen LogP contribution in [0.15, 0.2) is 54.6 Å². The van der Waals surface area contributed by atoms with Gasteiger partial charge in [0, 0.05) is 5.56 Å². The second-order valence-corrected chi connectivity index (χ2v) is 4.86. The Bertz CT molecular complexity index is 751. The first-order chi connectivity index (χ1) is 11.5. The van der Waals surface area contributed by atoms with Crippen molar-refractivity contribution in [1.29, 1.82) is 0 Å². The number of phenols is 1. The molecule has 4 nitrogen and oxygen atoms in total. The van der Waals surface area contributed by atoms with Crippen molar-refractivity contribution in [2.45, 2.75) is 0 Å². The Morgan fingerprint density at radius 2 is 1.62 bits per heavy atom. The Hall–Kier alpha value is -3.08. The third-order valence-electron chi connectivity index (χ3n) is 3.28. The van der Waals surface area contributed by atoms with E-state index in [-0.39, 0.29) is 17.3 Å². The van der Waals surface area contributed by atoms with E-state index in [0.717, 1.165) is 5.56 Å². The van der Waals surface area contributed by atoms with Gasteiger partial charge in [-0.25, -0.2) is 4.39 Å². The first-order valence-electron chi connectivity index (χ1n) is 7.14. The van der Waals surface area contributed by atoms with Crippen molar-refractivity contribution in [3.05, 3.63) is 71.6 Å². The molecule has 2 aromatic rings. The Morgan fingerprint density at radius 3 is 2.17 bits per heavy atom. The van der Waals surface area contributed by atoms with E-state index in [1.54, 1.807) is 30.4 Å². The average Bonchev–Trinajstić information content (AvgIpc) is 2.60. The summed E-state index contributed by atoms with van der Waals surface area (Å²) in [5.74, 6) is -0.0916. The lowest BCUT2D eigenvalue weighted by Gasteiger charge is -2.09. The van der Waals surface area contributed by atoms with E-state index >= 15 is 0 Å². The van der Waals surface area contributed by atoms with Gasteiger partial charge in [0.25, 0.3) is 0 Å². The molecule has 0 atom stereocenters. The van der Waals surface area contributed by atoms with E-state index in [2.05, 4.69) is 0 Å². The number of phenolic OH excluding ortho intramolecular Hbond substituents is 1. The van der Waals surface area contributed by atoms with Gasteiger partial charge in [-0.05, 0) is 48.0 Å². The number of ketones is 1. The number of rotatable bonds is 6. The maximum absolute atomic E-state index is 12.8. The van der Waals surface area contributed by atoms with Gasteiger partial charge in [0.2, 0.25) is 5.75 Å². The van der Waals surface area contributed by atoms with Crippen LogP contribution in [0.4, 0.5) is 4.39 Å². The summed E-state index contributed by atoms with van der Waals surface area (Å²) in [6, 6.07) is 8.63. The highest BCUT2D eigenvalue weighted by Crippen LogP contribution is 2.37. The van der Waals surface area contributed by atoms with E-state index in [0.29, 0.717) is 17.1 Å². The van der Waals surface area contributed by atoms with Crippen LogP contribution >= 0.6 is 0 Å². The molecule has 0 aliphatic carbocycles. The minimum absolute atomic E-state index is 0.0702.